The molecule has 3 atom stereocenters. The number of hydrogen-bond donors (Lipinski definition) is 2. The van der Waals surface area contributed by atoms with Crippen molar-refractivity contribution in [1.29, 1.82) is 0 Å². The Morgan fingerprint density at radius 2 is 1.90 bits per heavy atom. The van der Waals surface area contributed by atoms with Gasteiger partial charge < -0.3 is 25.2 Å². The summed E-state index contributed by atoms with van der Waals surface area (Å²) in [7, 11) is 1.72. The maximum atomic E-state index is 14.7. The van der Waals surface area contributed by atoms with Gasteiger partial charge in [0, 0.05) is 86.7 Å². The van der Waals surface area contributed by atoms with Crippen LogP contribution in [0.4, 0.5) is 15.8 Å². The summed E-state index contributed by atoms with van der Waals surface area (Å²) < 4.78 is 22.3. The van der Waals surface area contributed by atoms with Crippen molar-refractivity contribution >= 4 is 45.0 Å². The number of ether oxygens (including phenoxy) is 1. The number of benzene rings is 2. The molecule has 11 nitrogen and oxygen atoms in total. The maximum absolute atomic E-state index is 14.7. The Morgan fingerprint density at radius 3 is 2.63 bits per heavy atom. The van der Waals surface area contributed by atoms with E-state index < -0.39 is 11.7 Å². The van der Waals surface area contributed by atoms with Gasteiger partial charge in [-0.15, -0.1) is 0 Å². The maximum Gasteiger partial charge on any atom is 0.317 e. The quantitative estimate of drug-likeness (QED) is 0.383. The normalized spacial score (nSPS) is 21.0. The Labute approximate surface area is 236 Å². The Balaban J connectivity index is 1.36. The van der Waals surface area contributed by atoms with Gasteiger partial charge in [0.15, 0.2) is 5.82 Å². The molecule has 12 heteroatoms. The van der Waals surface area contributed by atoms with Crippen LogP contribution in [0.3, 0.4) is 0 Å². The zero-order chi connectivity index (χ0) is 28.8. The fourth-order valence-electron chi connectivity index (χ4n) is 5.87. The molecule has 0 bridgehead atoms. The van der Waals surface area contributed by atoms with Crippen LogP contribution in [0.15, 0.2) is 36.7 Å². The third-order valence-electron chi connectivity index (χ3n) is 7.65. The predicted octanol–water partition coefficient (Wildman–Crippen LogP) is 3.09. The van der Waals surface area contributed by atoms with Crippen LogP contribution < -0.4 is 20.3 Å². The molecule has 0 aliphatic carbocycles. The average Bonchev–Trinajstić information content (AvgIpc) is 3.53. The lowest BCUT2D eigenvalue weighted by molar-refractivity contribution is -0.128. The molecule has 6 rings (SSSR count). The molecule has 2 aromatic heterocycles. The highest BCUT2D eigenvalue weighted by Gasteiger charge is 2.28. The van der Waals surface area contributed by atoms with Crippen molar-refractivity contribution in [3.05, 3.63) is 48.0 Å². The fourth-order valence-corrected chi connectivity index (χ4v) is 5.87. The molecule has 2 aliphatic heterocycles. The van der Waals surface area contributed by atoms with Crippen LogP contribution in [0.25, 0.3) is 21.8 Å². The number of aromatic nitrogens is 4. The molecule has 0 radical (unpaired) electrons. The Kier molecular flexibility index (Phi) is 6.94. The average molecular weight is 561 g/mol. The van der Waals surface area contributed by atoms with Gasteiger partial charge in [0.1, 0.15) is 11.6 Å². The minimum atomic E-state index is -0.519. The summed E-state index contributed by atoms with van der Waals surface area (Å²) in [5, 5.41) is 11.8. The number of fused-ring (bicyclic) bond motifs is 2. The van der Waals surface area contributed by atoms with E-state index in [1.54, 1.807) is 36.5 Å². The number of nitrogens with one attached hydrogen (secondary N) is 2. The van der Waals surface area contributed by atoms with Crippen molar-refractivity contribution in [2.75, 3.05) is 36.4 Å². The second-order valence-electron chi connectivity index (χ2n) is 11.1. The van der Waals surface area contributed by atoms with E-state index in [1.165, 1.54) is 17.7 Å². The van der Waals surface area contributed by atoms with Crippen LogP contribution in [0.2, 0.25) is 0 Å². The Morgan fingerprint density at radius 1 is 1.12 bits per heavy atom. The summed E-state index contributed by atoms with van der Waals surface area (Å²) in [5.41, 5.74) is 2.24. The molecule has 2 N–H and O–H groups in total. The first kappa shape index (κ1) is 26.9. The van der Waals surface area contributed by atoms with Crippen LogP contribution in [0, 0.1) is 5.82 Å². The molecule has 4 aromatic rings. The molecular formula is C29H33FN8O3. The van der Waals surface area contributed by atoms with E-state index in [4.69, 9.17) is 9.72 Å². The van der Waals surface area contributed by atoms with Gasteiger partial charge in [0.05, 0.1) is 17.6 Å². The highest BCUT2D eigenvalue weighted by atomic mass is 19.1. The van der Waals surface area contributed by atoms with Crippen LogP contribution in [0.1, 0.15) is 37.6 Å². The van der Waals surface area contributed by atoms with Gasteiger partial charge >= 0.3 is 6.01 Å². The largest absolute Gasteiger partial charge is 0.458 e. The lowest BCUT2D eigenvalue weighted by Gasteiger charge is -2.38. The zero-order valence-electron chi connectivity index (χ0n) is 23.5. The smallest absolute Gasteiger partial charge is 0.317 e. The SMILES string of the molecule is CC(=O)N1CC[C@H](Oc2ncc3c(N4C[C@H](C)N[C@@H](C)C4)ccc(C(=O)Nc4cc(F)c5nn(C)cc5c4)c3n2)C1. The van der Waals surface area contributed by atoms with Gasteiger partial charge in [-0.1, -0.05) is 0 Å². The van der Waals surface area contributed by atoms with Gasteiger partial charge in [-0.2, -0.15) is 10.1 Å². The molecule has 2 amide bonds. The lowest BCUT2D eigenvalue weighted by Crippen LogP contribution is -2.54. The third-order valence-corrected chi connectivity index (χ3v) is 7.65. The summed E-state index contributed by atoms with van der Waals surface area (Å²) in [6.45, 7) is 8.47. The summed E-state index contributed by atoms with van der Waals surface area (Å²) in [4.78, 5) is 38.6. The number of nitrogens with zero attached hydrogens (tertiary/aromatic N) is 6. The number of halogens is 1. The van der Waals surface area contributed by atoms with Crippen molar-refractivity contribution < 1.29 is 18.7 Å². The predicted molar refractivity (Wildman–Crippen MR) is 154 cm³/mol. The second-order valence-corrected chi connectivity index (χ2v) is 11.1. The molecule has 0 saturated carbocycles. The first-order valence-electron chi connectivity index (χ1n) is 13.8. The Hall–Kier alpha value is -4.32. The molecule has 41 heavy (non-hydrogen) atoms. The number of rotatable bonds is 5. The fraction of sp³-hybridized carbons (Fsp3) is 0.414. The minimum absolute atomic E-state index is 0.000449. The molecule has 2 fully saturated rings. The van der Waals surface area contributed by atoms with E-state index in [1.807, 2.05) is 6.07 Å². The summed E-state index contributed by atoms with van der Waals surface area (Å²) in [5.74, 6) is -0.950. The molecule has 2 aliphatic rings. The molecule has 214 valence electrons. The third kappa shape index (κ3) is 5.39. The number of aryl methyl sites for hydroxylation is 1. The Bertz CT molecular complexity index is 1650. The van der Waals surface area contributed by atoms with Gasteiger partial charge in [-0.25, -0.2) is 9.37 Å². The molecule has 2 aromatic carbocycles. The van der Waals surface area contributed by atoms with E-state index in [9.17, 15) is 14.0 Å². The summed E-state index contributed by atoms with van der Waals surface area (Å²) >= 11 is 0. The highest BCUT2D eigenvalue weighted by molar-refractivity contribution is 6.14. The van der Waals surface area contributed by atoms with Crippen molar-refractivity contribution in [1.82, 2.24) is 30.0 Å². The monoisotopic (exact) mass is 560 g/mol. The number of piperazine rings is 1. The number of hydrogen-bond acceptors (Lipinski definition) is 8. The van der Waals surface area contributed by atoms with Crippen LogP contribution >= 0.6 is 0 Å². The molecule has 0 spiro atoms. The van der Waals surface area contributed by atoms with E-state index in [-0.39, 0.29) is 35.6 Å². The molecular weight excluding hydrogens is 527 g/mol. The number of carbonyl (C=O) groups excluding carboxylic acids is 2. The van der Waals surface area contributed by atoms with Crippen molar-refractivity contribution in [3.8, 4) is 6.01 Å². The van der Waals surface area contributed by atoms with E-state index in [2.05, 4.69) is 39.5 Å². The molecule has 0 unspecified atom stereocenters. The second kappa shape index (κ2) is 10.6. The van der Waals surface area contributed by atoms with Crippen LogP contribution in [-0.2, 0) is 11.8 Å². The number of anilines is 2. The first-order chi connectivity index (χ1) is 19.6. The van der Waals surface area contributed by atoms with Gasteiger partial charge in [0.2, 0.25) is 5.91 Å². The first-order valence-corrected chi connectivity index (χ1v) is 13.8. The van der Waals surface area contributed by atoms with Crippen molar-refractivity contribution in [2.45, 2.75) is 45.4 Å². The summed E-state index contributed by atoms with van der Waals surface area (Å²) in [6.07, 6.45) is 3.83. The summed E-state index contributed by atoms with van der Waals surface area (Å²) in [6, 6.07) is 7.31. The van der Waals surface area contributed by atoms with E-state index in [0.29, 0.717) is 41.7 Å². The number of carbonyl (C=O) groups is 2. The van der Waals surface area contributed by atoms with Crippen LogP contribution in [0.5, 0.6) is 6.01 Å². The standard InChI is InChI=1S/C29H33FN8O3/c1-16-12-38(13-17(2)32-16)25-6-5-22(28(40)33-20-9-19-14-36(4)35-26(19)24(30)10-20)27-23(25)11-31-29(34-27)41-21-7-8-37(15-21)18(3)39/h5-6,9-11,14,16-17,21,32H,7-8,12-13,15H2,1-4H3,(H,33,40)/t16-,17-,21-/m0/s1. The molecule has 2 saturated heterocycles. The zero-order valence-corrected chi connectivity index (χ0v) is 23.5. The van der Waals surface area contributed by atoms with E-state index in [0.717, 1.165) is 24.2 Å². The van der Waals surface area contributed by atoms with Crippen LogP contribution in [-0.4, -0.2) is 80.8 Å². The minimum Gasteiger partial charge on any atom is -0.458 e. The molecule has 4 heterocycles. The van der Waals surface area contributed by atoms with Gasteiger partial charge in [-0.3, -0.25) is 14.3 Å². The topological polar surface area (TPSA) is 118 Å². The number of likely N-dealkylation sites (tertiary alicyclic amines) is 1. The van der Waals surface area contributed by atoms with Crippen molar-refractivity contribution in [2.24, 2.45) is 7.05 Å². The van der Waals surface area contributed by atoms with E-state index >= 15 is 0 Å². The lowest BCUT2D eigenvalue weighted by atomic mass is 10.0. The number of amides is 2. The highest BCUT2D eigenvalue weighted by Crippen LogP contribution is 2.32. The van der Waals surface area contributed by atoms with Crippen molar-refractivity contribution in [3.63, 3.8) is 0 Å². The van der Waals surface area contributed by atoms with Gasteiger partial charge in [0.25, 0.3) is 5.91 Å². The van der Waals surface area contributed by atoms with Gasteiger partial charge in [-0.05, 0) is 38.1 Å².